The van der Waals surface area contributed by atoms with Gasteiger partial charge in [0.05, 0.1) is 23.3 Å². The number of piperazine rings is 1. The van der Waals surface area contributed by atoms with Crippen molar-refractivity contribution < 1.29 is 13.6 Å². The van der Waals surface area contributed by atoms with E-state index in [4.69, 9.17) is 0 Å². The molecule has 1 amide bonds. The van der Waals surface area contributed by atoms with Crippen molar-refractivity contribution in [2.45, 2.75) is 44.8 Å². The lowest BCUT2D eigenvalue weighted by atomic mass is 10.0. The highest BCUT2D eigenvalue weighted by Gasteiger charge is 2.29. The van der Waals surface area contributed by atoms with Gasteiger partial charge in [0.2, 0.25) is 0 Å². The molecule has 0 saturated carbocycles. The molecule has 6 rings (SSSR count). The van der Waals surface area contributed by atoms with Gasteiger partial charge in [-0.2, -0.15) is 5.10 Å². The quantitative estimate of drug-likeness (QED) is 0.362. The van der Waals surface area contributed by atoms with Gasteiger partial charge in [-0.3, -0.25) is 4.79 Å². The predicted octanol–water partition coefficient (Wildman–Crippen LogP) is 5.39. The van der Waals surface area contributed by atoms with Crippen molar-refractivity contribution in [3.63, 3.8) is 0 Å². The molecule has 4 heterocycles. The highest BCUT2D eigenvalue weighted by Crippen LogP contribution is 2.38. The van der Waals surface area contributed by atoms with Gasteiger partial charge < -0.3 is 20.4 Å². The van der Waals surface area contributed by atoms with Crippen molar-refractivity contribution in [3.8, 4) is 0 Å². The fourth-order valence-corrected chi connectivity index (χ4v) is 5.98. The number of rotatable bonds is 5. The lowest BCUT2D eigenvalue weighted by Crippen LogP contribution is -2.54. The van der Waals surface area contributed by atoms with Crippen LogP contribution in [-0.4, -0.2) is 47.2 Å². The van der Waals surface area contributed by atoms with E-state index in [-0.39, 0.29) is 11.9 Å². The smallest absolute Gasteiger partial charge is 0.259 e. The van der Waals surface area contributed by atoms with Crippen LogP contribution in [0.3, 0.4) is 0 Å². The zero-order valence-electron chi connectivity index (χ0n) is 22.1. The second-order valence-corrected chi connectivity index (χ2v) is 10.7. The third kappa shape index (κ3) is 5.06. The maximum absolute atomic E-state index is 14.6. The molecule has 1 unspecified atom stereocenters. The number of amides is 1. The van der Waals surface area contributed by atoms with Crippen LogP contribution >= 0.6 is 0 Å². The Labute approximate surface area is 226 Å². The minimum atomic E-state index is -0.450. The van der Waals surface area contributed by atoms with E-state index in [1.165, 1.54) is 12.1 Å². The largest absolute Gasteiger partial charge is 0.368 e. The lowest BCUT2D eigenvalue weighted by Gasteiger charge is -2.37. The van der Waals surface area contributed by atoms with Gasteiger partial charge in [0.25, 0.3) is 5.91 Å². The van der Waals surface area contributed by atoms with Gasteiger partial charge in [-0.1, -0.05) is 0 Å². The van der Waals surface area contributed by atoms with Gasteiger partial charge in [-0.05, 0) is 81.3 Å². The molecule has 0 bridgehead atoms. The molecule has 2 saturated heterocycles. The standard InChI is InChI=1S/C30H32F2N6O/c1-19-17-36(18-20(2)34-19)23-8-6-22(7-9-23)35-30(39)26-16-33-38-13-11-24(15-29(26)38)37-12-3-4-28(37)25-14-21(31)5-10-27(25)32/h5-11,13-16,19-20,28,34H,3-4,12,17-18H2,1-2H3,(H,35,39)/t19-,20?,28+/m0/s1. The summed E-state index contributed by atoms with van der Waals surface area (Å²) in [5, 5.41) is 10.9. The number of anilines is 3. The predicted molar refractivity (Wildman–Crippen MR) is 150 cm³/mol. The van der Waals surface area contributed by atoms with Crippen LogP contribution in [0.1, 0.15) is 48.7 Å². The first-order valence-corrected chi connectivity index (χ1v) is 13.5. The second-order valence-electron chi connectivity index (χ2n) is 10.7. The molecule has 39 heavy (non-hydrogen) atoms. The summed E-state index contributed by atoms with van der Waals surface area (Å²) in [6, 6.07) is 15.9. The van der Waals surface area contributed by atoms with Gasteiger partial charge in [-0.15, -0.1) is 0 Å². The normalized spacial score (nSPS) is 21.5. The van der Waals surface area contributed by atoms with E-state index in [1.54, 1.807) is 16.9 Å². The Bertz CT molecular complexity index is 1490. The van der Waals surface area contributed by atoms with Crippen LogP contribution in [0.2, 0.25) is 0 Å². The van der Waals surface area contributed by atoms with E-state index < -0.39 is 11.6 Å². The van der Waals surface area contributed by atoms with Gasteiger partial charge >= 0.3 is 0 Å². The molecule has 3 atom stereocenters. The number of nitrogens with zero attached hydrogens (tertiary/aromatic N) is 4. The monoisotopic (exact) mass is 530 g/mol. The van der Waals surface area contributed by atoms with E-state index in [1.807, 2.05) is 36.4 Å². The van der Waals surface area contributed by atoms with Crippen LogP contribution in [0, 0.1) is 11.6 Å². The first kappa shape index (κ1) is 25.3. The molecule has 0 radical (unpaired) electrons. The molecule has 2 aromatic carbocycles. The Morgan fingerprint density at radius 1 is 1.00 bits per heavy atom. The summed E-state index contributed by atoms with van der Waals surface area (Å²) >= 11 is 0. The third-order valence-corrected chi connectivity index (χ3v) is 7.70. The van der Waals surface area contributed by atoms with Crippen molar-refractivity contribution in [3.05, 3.63) is 89.8 Å². The highest BCUT2D eigenvalue weighted by atomic mass is 19.1. The molecule has 2 aliphatic rings. The van der Waals surface area contributed by atoms with Crippen LogP contribution in [0.15, 0.2) is 67.0 Å². The SMILES string of the molecule is CC1CN(c2ccc(NC(=O)c3cnn4ccc(N5CCC[C@@H]5c5cc(F)ccc5F)cc34)cc2)C[C@H](C)N1. The molecule has 9 heteroatoms. The van der Waals surface area contributed by atoms with E-state index in [0.717, 1.165) is 43.4 Å². The van der Waals surface area contributed by atoms with Crippen molar-refractivity contribution in [2.24, 2.45) is 0 Å². The van der Waals surface area contributed by atoms with Crippen molar-refractivity contribution >= 4 is 28.5 Å². The molecule has 202 valence electrons. The van der Waals surface area contributed by atoms with Crippen LogP contribution in [0.25, 0.3) is 5.52 Å². The Balaban J connectivity index is 1.22. The van der Waals surface area contributed by atoms with E-state index in [2.05, 4.69) is 39.4 Å². The highest BCUT2D eigenvalue weighted by molar-refractivity contribution is 6.09. The number of pyridine rings is 1. The minimum Gasteiger partial charge on any atom is -0.368 e. The van der Waals surface area contributed by atoms with Crippen LogP contribution in [-0.2, 0) is 0 Å². The van der Waals surface area contributed by atoms with Gasteiger partial charge in [-0.25, -0.2) is 13.3 Å². The molecule has 2 N–H and O–H groups in total. The minimum absolute atomic E-state index is 0.256. The summed E-state index contributed by atoms with van der Waals surface area (Å²) in [7, 11) is 0. The van der Waals surface area contributed by atoms with Crippen molar-refractivity contribution in [1.82, 2.24) is 14.9 Å². The van der Waals surface area contributed by atoms with Crippen LogP contribution in [0.5, 0.6) is 0 Å². The number of carbonyl (C=O) groups excluding carboxylic acids is 1. The maximum Gasteiger partial charge on any atom is 0.259 e. The third-order valence-electron chi connectivity index (χ3n) is 7.70. The molecular weight excluding hydrogens is 498 g/mol. The fraction of sp³-hybridized carbons (Fsp3) is 0.333. The summed E-state index contributed by atoms with van der Waals surface area (Å²) in [5.41, 5.74) is 4.12. The Hall–Kier alpha value is -3.98. The van der Waals surface area contributed by atoms with Gasteiger partial charge in [0, 0.05) is 60.5 Å². The molecule has 4 aromatic rings. The summed E-state index contributed by atoms with van der Waals surface area (Å²) < 4.78 is 30.2. The average molecular weight is 531 g/mol. The Kier molecular flexibility index (Phi) is 6.68. The first-order chi connectivity index (χ1) is 18.9. The van der Waals surface area contributed by atoms with E-state index in [9.17, 15) is 13.6 Å². The lowest BCUT2D eigenvalue weighted by molar-refractivity contribution is 0.102. The number of aromatic nitrogens is 2. The topological polar surface area (TPSA) is 64.9 Å². The van der Waals surface area contributed by atoms with E-state index in [0.29, 0.717) is 41.0 Å². The Morgan fingerprint density at radius 2 is 1.77 bits per heavy atom. The zero-order chi connectivity index (χ0) is 27.1. The summed E-state index contributed by atoms with van der Waals surface area (Å²) in [6.07, 6.45) is 4.93. The molecule has 2 aliphatic heterocycles. The maximum atomic E-state index is 14.6. The first-order valence-electron chi connectivity index (χ1n) is 13.5. The van der Waals surface area contributed by atoms with Gasteiger partial charge in [0.15, 0.2) is 0 Å². The average Bonchev–Trinajstić information content (AvgIpc) is 3.57. The second kappa shape index (κ2) is 10.3. The Morgan fingerprint density at radius 3 is 2.54 bits per heavy atom. The summed E-state index contributed by atoms with van der Waals surface area (Å²) in [4.78, 5) is 17.7. The number of hydrogen-bond acceptors (Lipinski definition) is 5. The fourth-order valence-electron chi connectivity index (χ4n) is 5.98. The molecule has 0 spiro atoms. The zero-order valence-corrected chi connectivity index (χ0v) is 22.1. The van der Waals surface area contributed by atoms with Crippen molar-refractivity contribution in [2.75, 3.05) is 34.8 Å². The summed E-state index contributed by atoms with van der Waals surface area (Å²) in [5.74, 6) is -1.12. The number of fused-ring (bicyclic) bond motifs is 1. The van der Waals surface area contributed by atoms with Gasteiger partial charge in [0.1, 0.15) is 11.6 Å². The number of benzene rings is 2. The van der Waals surface area contributed by atoms with Crippen LogP contribution in [0.4, 0.5) is 25.8 Å². The van der Waals surface area contributed by atoms with Crippen molar-refractivity contribution in [1.29, 1.82) is 0 Å². The molecule has 7 nitrogen and oxygen atoms in total. The number of halogens is 2. The van der Waals surface area contributed by atoms with E-state index >= 15 is 0 Å². The molecular formula is C30H32F2N6O. The van der Waals surface area contributed by atoms with Crippen LogP contribution < -0.4 is 20.4 Å². The number of nitrogens with one attached hydrogen (secondary N) is 2. The molecule has 0 aliphatic carbocycles. The summed E-state index contributed by atoms with van der Waals surface area (Å²) in [6.45, 7) is 6.95. The molecule has 2 aromatic heterocycles. The number of carbonyl (C=O) groups is 1. The number of hydrogen-bond donors (Lipinski definition) is 2. The molecule has 2 fully saturated rings.